The first-order valence-electron chi connectivity index (χ1n) is 7.81. The van der Waals surface area contributed by atoms with E-state index in [1.807, 2.05) is 38.1 Å². The molecule has 0 spiro atoms. The predicted octanol–water partition coefficient (Wildman–Crippen LogP) is 3.40. The minimum absolute atomic E-state index is 0.196. The molecule has 0 bridgehead atoms. The lowest BCUT2D eigenvalue weighted by Crippen LogP contribution is -2.31. The van der Waals surface area contributed by atoms with Crippen molar-refractivity contribution in [1.29, 1.82) is 0 Å². The third-order valence-corrected chi connectivity index (χ3v) is 6.04. The molecule has 0 aromatic heterocycles. The van der Waals surface area contributed by atoms with E-state index >= 15 is 0 Å². The summed E-state index contributed by atoms with van der Waals surface area (Å²) in [5.74, 6) is 1.06. The smallest absolute Gasteiger partial charge is 0.247 e. The Hall–Kier alpha value is -2.05. The quantitative estimate of drug-likeness (QED) is 0.769. The molecule has 0 aliphatic heterocycles. The van der Waals surface area contributed by atoms with Crippen LogP contribution < -0.4 is 9.47 Å². The number of hydrogen-bond donors (Lipinski definition) is 0. The maximum atomic E-state index is 13.1. The summed E-state index contributed by atoms with van der Waals surface area (Å²) in [6, 6.07) is 12.6. The van der Waals surface area contributed by atoms with Crippen molar-refractivity contribution in [2.24, 2.45) is 0 Å². The van der Waals surface area contributed by atoms with Gasteiger partial charge in [-0.3, -0.25) is 0 Å². The maximum Gasteiger partial charge on any atom is 0.247 e. The fourth-order valence-corrected chi connectivity index (χ4v) is 4.44. The Morgan fingerprint density at radius 1 is 0.917 bits per heavy atom. The van der Waals surface area contributed by atoms with Crippen LogP contribution in [0.1, 0.15) is 13.8 Å². The predicted molar refractivity (Wildman–Crippen MR) is 95.1 cm³/mol. The lowest BCUT2D eigenvalue weighted by molar-refractivity contribution is 0.396. The summed E-state index contributed by atoms with van der Waals surface area (Å²) < 4.78 is 38.2. The number of methoxy groups -OCH3 is 2. The van der Waals surface area contributed by atoms with Crippen LogP contribution in [0.5, 0.6) is 11.5 Å². The Labute approximate surface area is 143 Å². The monoisotopic (exact) mass is 349 g/mol. The highest BCUT2D eigenvalue weighted by Gasteiger charge is 2.29. The fraction of sp³-hybridized carbons (Fsp3) is 0.333. The van der Waals surface area contributed by atoms with Gasteiger partial charge in [0.1, 0.15) is 16.4 Å². The highest BCUT2D eigenvalue weighted by atomic mass is 32.2. The molecule has 0 aliphatic rings. The molecule has 2 aromatic rings. The van der Waals surface area contributed by atoms with Gasteiger partial charge < -0.3 is 9.47 Å². The van der Waals surface area contributed by atoms with E-state index in [1.54, 1.807) is 25.3 Å². The van der Waals surface area contributed by atoms with Crippen LogP contribution >= 0.6 is 0 Å². The van der Waals surface area contributed by atoms with E-state index in [1.165, 1.54) is 11.4 Å². The first-order chi connectivity index (χ1) is 11.5. The molecule has 2 aromatic carbocycles. The highest BCUT2D eigenvalue weighted by Crippen LogP contribution is 2.36. The van der Waals surface area contributed by atoms with Crippen molar-refractivity contribution in [2.45, 2.75) is 18.7 Å². The average Bonchev–Trinajstić information content (AvgIpc) is 2.61. The third kappa shape index (κ3) is 3.39. The SMILES string of the molecule is CCN(CC)S(=O)(=O)c1c(OC)cccc1-c1ccc(OC)cc1. The van der Waals surface area contributed by atoms with Gasteiger partial charge in [-0.25, -0.2) is 8.42 Å². The molecule has 0 unspecified atom stereocenters. The summed E-state index contributed by atoms with van der Waals surface area (Å²) in [5.41, 5.74) is 1.41. The zero-order chi connectivity index (χ0) is 17.7. The number of sulfonamides is 1. The van der Waals surface area contributed by atoms with Crippen LogP contribution in [0, 0.1) is 0 Å². The molecule has 2 rings (SSSR count). The van der Waals surface area contributed by atoms with Gasteiger partial charge >= 0.3 is 0 Å². The standard InChI is InChI=1S/C18H23NO4S/c1-5-19(6-2)24(20,21)18-16(8-7-9-17(18)23-4)14-10-12-15(22-3)13-11-14/h7-13H,5-6H2,1-4H3. The van der Waals surface area contributed by atoms with E-state index < -0.39 is 10.0 Å². The molecule has 0 amide bonds. The number of benzene rings is 2. The summed E-state index contributed by atoms with van der Waals surface area (Å²) in [6.45, 7) is 4.45. The van der Waals surface area contributed by atoms with Crippen LogP contribution in [0.2, 0.25) is 0 Å². The van der Waals surface area contributed by atoms with Crippen LogP contribution in [0.15, 0.2) is 47.4 Å². The van der Waals surface area contributed by atoms with Crippen molar-refractivity contribution in [3.05, 3.63) is 42.5 Å². The van der Waals surface area contributed by atoms with Gasteiger partial charge in [0, 0.05) is 18.7 Å². The molecule has 0 heterocycles. The Bertz CT molecular complexity index is 781. The fourth-order valence-electron chi connectivity index (χ4n) is 2.63. The van der Waals surface area contributed by atoms with Crippen molar-refractivity contribution in [3.8, 4) is 22.6 Å². The second-order valence-electron chi connectivity index (χ2n) is 5.15. The van der Waals surface area contributed by atoms with Gasteiger partial charge in [-0.2, -0.15) is 4.31 Å². The molecule has 0 N–H and O–H groups in total. The Balaban J connectivity index is 2.69. The zero-order valence-corrected chi connectivity index (χ0v) is 15.3. The molecule has 0 aliphatic carbocycles. The van der Waals surface area contributed by atoms with Gasteiger partial charge in [0.25, 0.3) is 0 Å². The minimum atomic E-state index is -3.66. The highest BCUT2D eigenvalue weighted by molar-refractivity contribution is 7.89. The molecule has 24 heavy (non-hydrogen) atoms. The minimum Gasteiger partial charge on any atom is -0.497 e. The third-order valence-electron chi connectivity index (χ3n) is 3.90. The Morgan fingerprint density at radius 3 is 2.04 bits per heavy atom. The normalized spacial score (nSPS) is 11.5. The average molecular weight is 349 g/mol. The number of hydrogen-bond acceptors (Lipinski definition) is 4. The van der Waals surface area contributed by atoms with Crippen LogP contribution in [-0.2, 0) is 10.0 Å². The van der Waals surface area contributed by atoms with Gasteiger partial charge in [0.2, 0.25) is 10.0 Å². The molecular weight excluding hydrogens is 326 g/mol. The topological polar surface area (TPSA) is 55.8 Å². The molecule has 0 saturated carbocycles. The van der Waals surface area contributed by atoms with Crippen LogP contribution in [-0.4, -0.2) is 40.0 Å². The van der Waals surface area contributed by atoms with Crippen molar-refractivity contribution < 1.29 is 17.9 Å². The van der Waals surface area contributed by atoms with Crippen molar-refractivity contribution in [3.63, 3.8) is 0 Å². The van der Waals surface area contributed by atoms with E-state index in [0.29, 0.717) is 24.4 Å². The second kappa shape index (κ2) is 7.68. The maximum absolute atomic E-state index is 13.1. The Kier molecular flexibility index (Phi) is 5.85. The van der Waals surface area contributed by atoms with Crippen molar-refractivity contribution in [2.75, 3.05) is 27.3 Å². The van der Waals surface area contributed by atoms with Gasteiger partial charge in [0.15, 0.2) is 0 Å². The van der Waals surface area contributed by atoms with E-state index in [2.05, 4.69) is 0 Å². The van der Waals surface area contributed by atoms with Crippen LogP contribution in [0.25, 0.3) is 11.1 Å². The number of ether oxygens (including phenoxy) is 2. The lowest BCUT2D eigenvalue weighted by atomic mass is 10.1. The zero-order valence-electron chi connectivity index (χ0n) is 14.4. The van der Waals surface area contributed by atoms with Crippen LogP contribution in [0.4, 0.5) is 0 Å². The summed E-state index contributed by atoms with van der Waals surface area (Å²) in [4.78, 5) is 0.196. The summed E-state index contributed by atoms with van der Waals surface area (Å²) in [5, 5.41) is 0. The molecule has 0 radical (unpaired) electrons. The van der Waals surface area contributed by atoms with Gasteiger partial charge in [-0.05, 0) is 23.8 Å². The molecule has 5 nitrogen and oxygen atoms in total. The van der Waals surface area contributed by atoms with Crippen molar-refractivity contribution in [1.82, 2.24) is 4.31 Å². The van der Waals surface area contributed by atoms with Crippen LogP contribution in [0.3, 0.4) is 0 Å². The lowest BCUT2D eigenvalue weighted by Gasteiger charge is -2.22. The summed E-state index contributed by atoms with van der Waals surface area (Å²) in [6.07, 6.45) is 0. The first kappa shape index (κ1) is 18.3. The number of nitrogens with zero attached hydrogens (tertiary/aromatic N) is 1. The van der Waals surface area contributed by atoms with Gasteiger partial charge in [0.05, 0.1) is 14.2 Å². The summed E-state index contributed by atoms with van der Waals surface area (Å²) >= 11 is 0. The summed E-state index contributed by atoms with van der Waals surface area (Å²) in [7, 11) is -0.587. The molecular formula is C18H23NO4S. The van der Waals surface area contributed by atoms with E-state index in [4.69, 9.17) is 9.47 Å². The number of rotatable bonds is 7. The largest absolute Gasteiger partial charge is 0.497 e. The van der Waals surface area contributed by atoms with Gasteiger partial charge in [-0.1, -0.05) is 38.1 Å². The van der Waals surface area contributed by atoms with E-state index in [-0.39, 0.29) is 4.90 Å². The first-order valence-corrected chi connectivity index (χ1v) is 9.25. The second-order valence-corrected chi connectivity index (χ2v) is 7.03. The molecule has 6 heteroatoms. The van der Waals surface area contributed by atoms with Gasteiger partial charge in [-0.15, -0.1) is 0 Å². The van der Waals surface area contributed by atoms with E-state index in [0.717, 1.165) is 11.3 Å². The van der Waals surface area contributed by atoms with E-state index in [9.17, 15) is 8.42 Å². The van der Waals surface area contributed by atoms with Crippen molar-refractivity contribution >= 4 is 10.0 Å². The molecule has 0 atom stereocenters. The Morgan fingerprint density at radius 2 is 1.54 bits per heavy atom. The molecule has 0 fully saturated rings. The molecule has 130 valence electrons. The molecule has 0 saturated heterocycles.